The second-order valence-electron chi connectivity index (χ2n) is 6.05. The quantitative estimate of drug-likeness (QED) is 0.782. The molecule has 5 nitrogen and oxygen atoms in total. The highest BCUT2D eigenvalue weighted by Gasteiger charge is 2.39. The van der Waals surface area contributed by atoms with E-state index >= 15 is 0 Å². The van der Waals surface area contributed by atoms with Gasteiger partial charge in [-0.1, -0.05) is 43.1 Å². The van der Waals surface area contributed by atoms with Gasteiger partial charge in [-0.15, -0.1) is 11.8 Å². The third kappa shape index (κ3) is 5.02. The van der Waals surface area contributed by atoms with Crippen molar-refractivity contribution in [2.24, 2.45) is 5.92 Å². The van der Waals surface area contributed by atoms with Crippen molar-refractivity contribution >= 4 is 50.9 Å². The normalized spacial score (nSPS) is 19.0. The summed E-state index contributed by atoms with van der Waals surface area (Å²) >= 11 is 13.2. The molecular formula is C15H20Cl2N2O3S2. The van der Waals surface area contributed by atoms with Crippen LogP contribution in [-0.4, -0.2) is 42.8 Å². The van der Waals surface area contributed by atoms with Gasteiger partial charge in [-0.2, -0.15) is 4.31 Å². The van der Waals surface area contributed by atoms with Crippen LogP contribution in [0.15, 0.2) is 18.2 Å². The zero-order valence-corrected chi connectivity index (χ0v) is 16.6. The number of halogens is 2. The molecule has 1 atom stereocenters. The lowest BCUT2D eigenvalue weighted by atomic mass is 10.2. The molecule has 0 spiro atoms. The number of carbonyl (C=O) groups excluding carboxylic acids is 1. The highest BCUT2D eigenvalue weighted by Crippen LogP contribution is 2.28. The van der Waals surface area contributed by atoms with Gasteiger partial charge in [0.25, 0.3) is 0 Å². The zero-order valence-electron chi connectivity index (χ0n) is 13.5. The monoisotopic (exact) mass is 410 g/mol. The fourth-order valence-electron chi connectivity index (χ4n) is 2.25. The molecule has 24 heavy (non-hydrogen) atoms. The van der Waals surface area contributed by atoms with Gasteiger partial charge in [0.15, 0.2) is 0 Å². The van der Waals surface area contributed by atoms with Crippen LogP contribution in [0.25, 0.3) is 0 Å². The predicted octanol–water partition coefficient (Wildman–Crippen LogP) is 2.97. The maximum Gasteiger partial charge on any atom is 0.239 e. The van der Waals surface area contributed by atoms with Gasteiger partial charge in [0.2, 0.25) is 15.9 Å². The Morgan fingerprint density at radius 1 is 1.38 bits per heavy atom. The fraction of sp³-hybridized carbons (Fsp3) is 0.533. The second-order valence-corrected chi connectivity index (χ2v) is 9.78. The smallest absolute Gasteiger partial charge is 0.239 e. The summed E-state index contributed by atoms with van der Waals surface area (Å²) in [6.45, 7) is 4.51. The SMILES string of the molecule is CC(C)CNC(=O)C1CSCN1S(=O)(=O)Cc1ccc(Cl)c(Cl)c1. The zero-order chi connectivity index (χ0) is 17.9. The van der Waals surface area contributed by atoms with Crippen LogP contribution < -0.4 is 5.32 Å². The summed E-state index contributed by atoms with van der Waals surface area (Å²) in [6.07, 6.45) is 0. The molecule has 1 heterocycles. The van der Waals surface area contributed by atoms with Crippen LogP contribution in [0.3, 0.4) is 0 Å². The Kier molecular flexibility index (Phi) is 6.84. The molecule has 0 bridgehead atoms. The fourth-order valence-corrected chi connectivity index (χ4v) is 5.88. The van der Waals surface area contributed by atoms with E-state index in [0.717, 1.165) is 0 Å². The molecule has 0 aliphatic carbocycles. The van der Waals surface area contributed by atoms with Crippen molar-refractivity contribution in [1.82, 2.24) is 9.62 Å². The number of rotatable bonds is 6. The molecule has 1 aliphatic heterocycles. The Morgan fingerprint density at radius 3 is 2.71 bits per heavy atom. The van der Waals surface area contributed by atoms with E-state index in [9.17, 15) is 13.2 Å². The number of thioether (sulfide) groups is 1. The highest BCUT2D eigenvalue weighted by molar-refractivity contribution is 8.00. The third-order valence-electron chi connectivity index (χ3n) is 3.52. The first-order chi connectivity index (χ1) is 11.2. The Balaban J connectivity index is 2.11. The average Bonchev–Trinajstić information content (AvgIpc) is 2.99. The van der Waals surface area contributed by atoms with Crippen LogP contribution in [0, 0.1) is 5.92 Å². The third-order valence-corrected chi connectivity index (χ3v) is 7.23. The van der Waals surface area contributed by atoms with Crippen molar-refractivity contribution < 1.29 is 13.2 Å². The van der Waals surface area contributed by atoms with E-state index in [4.69, 9.17) is 23.2 Å². The molecular weight excluding hydrogens is 391 g/mol. The maximum atomic E-state index is 12.7. The number of benzene rings is 1. The molecule has 1 aromatic carbocycles. The molecule has 1 fully saturated rings. The lowest BCUT2D eigenvalue weighted by Gasteiger charge is -2.23. The maximum absolute atomic E-state index is 12.7. The molecule has 1 N–H and O–H groups in total. The van der Waals surface area contributed by atoms with Crippen molar-refractivity contribution in [3.63, 3.8) is 0 Å². The molecule has 1 aromatic rings. The number of hydrogen-bond donors (Lipinski definition) is 1. The van der Waals surface area contributed by atoms with E-state index in [1.165, 1.54) is 16.1 Å². The van der Waals surface area contributed by atoms with Crippen molar-refractivity contribution in [3.05, 3.63) is 33.8 Å². The number of amides is 1. The molecule has 1 aliphatic rings. The molecule has 9 heteroatoms. The predicted molar refractivity (Wildman–Crippen MR) is 99.9 cm³/mol. The van der Waals surface area contributed by atoms with Crippen LogP contribution in [0.4, 0.5) is 0 Å². The van der Waals surface area contributed by atoms with Gasteiger partial charge >= 0.3 is 0 Å². The second kappa shape index (κ2) is 8.27. The number of sulfonamides is 1. The number of hydrogen-bond acceptors (Lipinski definition) is 4. The summed E-state index contributed by atoms with van der Waals surface area (Å²) in [7, 11) is -3.63. The van der Waals surface area contributed by atoms with Gasteiger partial charge in [-0.05, 0) is 23.6 Å². The number of nitrogens with one attached hydrogen (secondary N) is 1. The number of carbonyl (C=O) groups is 1. The summed E-state index contributed by atoms with van der Waals surface area (Å²) in [5, 5.41) is 3.50. The van der Waals surface area contributed by atoms with Crippen LogP contribution >= 0.6 is 35.0 Å². The summed E-state index contributed by atoms with van der Waals surface area (Å²) in [5.74, 6) is 0.600. The van der Waals surface area contributed by atoms with Crippen molar-refractivity contribution in [1.29, 1.82) is 0 Å². The Labute approximate surface area is 157 Å². The van der Waals surface area contributed by atoms with Crippen LogP contribution in [-0.2, 0) is 20.6 Å². The van der Waals surface area contributed by atoms with E-state index in [-0.39, 0.29) is 17.5 Å². The lowest BCUT2D eigenvalue weighted by molar-refractivity contribution is -0.123. The minimum atomic E-state index is -3.63. The first-order valence-electron chi connectivity index (χ1n) is 7.49. The van der Waals surface area contributed by atoms with Crippen LogP contribution in [0.5, 0.6) is 0 Å². The summed E-state index contributed by atoms with van der Waals surface area (Å²) in [4.78, 5) is 12.3. The van der Waals surface area contributed by atoms with Crippen molar-refractivity contribution in [2.75, 3.05) is 18.2 Å². The molecule has 1 saturated heterocycles. The minimum Gasteiger partial charge on any atom is -0.354 e. The van der Waals surface area contributed by atoms with E-state index in [2.05, 4.69) is 5.32 Å². The Bertz CT molecular complexity index is 711. The van der Waals surface area contributed by atoms with Crippen LogP contribution in [0.1, 0.15) is 19.4 Å². The molecule has 134 valence electrons. The minimum absolute atomic E-state index is 0.210. The summed E-state index contributed by atoms with van der Waals surface area (Å²) in [5.41, 5.74) is 0.544. The standard InChI is InChI=1S/C15H20Cl2N2O3S2/c1-10(2)6-18-15(20)14-7-23-9-19(14)24(21,22)8-11-3-4-12(16)13(17)5-11/h3-5,10,14H,6-9H2,1-2H3,(H,18,20). The van der Waals surface area contributed by atoms with E-state index in [1.807, 2.05) is 13.8 Å². The molecule has 2 rings (SSSR count). The number of nitrogens with zero attached hydrogens (tertiary/aromatic N) is 1. The van der Waals surface area contributed by atoms with Gasteiger partial charge in [-0.3, -0.25) is 4.79 Å². The molecule has 0 aromatic heterocycles. The van der Waals surface area contributed by atoms with Gasteiger partial charge in [0.1, 0.15) is 6.04 Å². The van der Waals surface area contributed by atoms with E-state index < -0.39 is 16.1 Å². The lowest BCUT2D eigenvalue weighted by Crippen LogP contribution is -2.48. The molecule has 1 amide bonds. The van der Waals surface area contributed by atoms with Crippen LogP contribution in [0.2, 0.25) is 10.0 Å². The summed E-state index contributed by atoms with van der Waals surface area (Å²) in [6, 6.07) is 4.07. The first kappa shape index (κ1) is 19.8. The van der Waals surface area contributed by atoms with E-state index in [1.54, 1.807) is 18.2 Å². The molecule has 0 saturated carbocycles. The first-order valence-corrected chi connectivity index (χ1v) is 11.0. The van der Waals surface area contributed by atoms with Crippen molar-refractivity contribution in [3.8, 4) is 0 Å². The largest absolute Gasteiger partial charge is 0.354 e. The van der Waals surface area contributed by atoms with E-state index in [0.29, 0.717) is 33.8 Å². The summed E-state index contributed by atoms with van der Waals surface area (Å²) < 4.78 is 26.7. The van der Waals surface area contributed by atoms with Gasteiger partial charge in [0.05, 0.1) is 21.7 Å². The average molecular weight is 411 g/mol. The topological polar surface area (TPSA) is 66.5 Å². The van der Waals surface area contributed by atoms with Crippen molar-refractivity contribution in [2.45, 2.75) is 25.6 Å². The van der Waals surface area contributed by atoms with Gasteiger partial charge < -0.3 is 5.32 Å². The van der Waals surface area contributed by atoms with Gasteiger partial charge in [-0.25, -0.2) is 8.42 Å². The Morgan fingerprint density at radius 2 is 2.08 bits per heavy atom. The van der Waals surface area contributed by atoms with Gasteiger partial charge in [0, 0.05) is 12.3 Å². The Hall–Kier alpha value is -0.470. The highest BCUT2D eigenvalue weighted by atomic mass is 35.5. The molecule has 1 unspecified atom stereocenters. The molecule has 0 radical (unpaired) electrons.